The van der Waals surface area contributed by atoms with Gasteiger partial charge in [0, 0.05) is 0 Å². The van der Waals surface area contributed by atoms with Crippen molar-refractivity contribution < 1.29 is 14.4 Å². The molecular weight excluding hydrogens is 110 g/mol. The van der Waals surface area contributed by atoms with E-state index >= 15 is 0 Å². The fourth-order valence-electron chi connectivity index (χ4n) is 0.886. The second kappa shape index (κ2) is 1.66. The highest BCUT2D eigenvalue weighted by molar-refractivity contribution is 4.76. The smallest absolute Gasteiger partial charge is 0.135 e. The zero-order valence-corrected chi connectivity index (χ0v) is 4.29. The van der Waals surface area contributed by atoms with Crippen LogP contribution in [0.1, 0.15) is 0 Å². The number of hydrogen-bond acceptors (Lipinski definition) is 4. The number of rotatable bonds is 0. The van der Waals surface area contributed by atoms with Gasteiger partial charge in [0.1, 0.15) is 12.2 Å². The lowest BCUT2D eigenvalue weighted by Gasteiger charge is -1.95. The molecule has 2 unspecified atom stereocenters. The third-order valence-electron chi connectivity index (χ3n) is 1.38. The van der Waals surface area contributed by atoms with E-state index in [4.69, 9.17) is 14.4 Å². The molecule has 2 fully saturated rings. The van der Waals surface area contributed by atoms with Gasteiger partial charge in [0.2, 0.25) is 0 Å². The zero-order chi connectivity index (χ0) is 5.40. The molecule has 0 aromatic carbocycles. The van der Waals surface area contributed by atoms with E-state index in [1.807, 2.05) is 0 Å². The van der Waals surface area contributed by atoms with Crippen LogP contribution in [0.2, 0.25) is 0 Å². The van der Waals surface area contributed by atoms with Crippen LogP contribution in [0.15, 0.2) is 0 Å². The molecule has 0 amide bonds. The lowest BCUT2D eigenvalue weighted by molar-refractivity contribution is -0.118. The Labute approximate surface area is 46.6 Å². The number of nitrogens with one attached hydrogen (secondary N) is 1. The molecule has 0 aliphatic carbocycles. The first-order chi connectivity index (χ1) is 3.97. The van der Waals surface area contributed by atoms with Crippen molar-refractivity contribution in [1.29, 1.82) is 0 Å². The zero-order valence-electron chi connectivity index (χ0n) is 4.29. The largest absolute Gasteiger partial charge is 0.376 e. The van der Waals surface area contributed by atoms with Crippen LogP contribution in [0, 0.1) is 0 Å². The standard InChI is InChI=1S/C4H7NO3/c1-3-4(2-6-1)8-5-7-3/h3-5H,1-2H2. The van der Waals surface area contributed by atoms with Gasteiger partial charge in [-0.25, -0.2) is 0 Å². The van der Waals surface area contributed by atoms with Crippen LogP contribution in [-0.2, 0) is 14.4 Å². The van der Waals surface area contributed by atoms with E-state index in [1.54, 1.807) is 0 Å². The predicted molar refractivity (Wildman–Crippen MR) is 23.7 cm³/mol. The van der Waals surface area contributed by atoms with E-state index in [1.165, 1.54) is 0 Å². The predicted octanol–water partition coefficient (Wildman–Crippen LogP) is -0.780. The van der Waals surface area contributed by atoms with E-state index in [9.17, 15) is 0 Å². The van der Waals surface area contributed by atoms with Crippen LogP contribution in [0.25, 0.3) is 0 Å². The van der Waals surface area contributed by atoms with Crippen molar-refractivity contribution in [3.05, 3.63) is 0 Å². The van der Waals surface area contributed by atoms with Gasteiger partial charge in [-0.15, -0.1) is 0 Å². The van der Waals surface area contributed by atoms with Crippen molar-refractivity contribution in [3.63, 3.8) is 0 Å². The van der Waals surface area contributed by atoms with E-state index in [0.29, 0.717) is 13.2 Å². The maximum Gasteiger partial charge on any atom is 0.135 e. The third-order valence-corrected chi connectivity index (χ3v) is 1.38. The van der Waals surface area contributed by atoms with Crippen LogP contribution in [0.3, 0.4) is 0 Å². The molecule has 2 saturated heterocycles. The van der Waals surface area contributed by atoms with Crippen LogP contribution >= 0.6 is 0 Å². The van der Waals surface area contributed by atoms with E-state index in [0.717, 1.165) is 0 Å². The molecule has 8 heavy (non-hydrogen) atoms. The second-order valence-electron chi connectivity index (χ2n) is 1.93. The van der Waals surface area contributed by atoms with Gasteiger partial charge in [0.05, 0.1) is 13.2 Å². The summed E-state index contributed by atoms with van der Waals surface area (Å²) < 4.78 is 5.02. The molecule has 2 atom stereocenters. The molecule has 0 radical (unpaired) electrons. The summed E-state index contributed by atoms with van der Waals surface area (Å²) in [5, 5.41) is 0. The van der Waals surface area contributed by atoms with Gasteiger partial charge >= 0.3 is 0 Å². The highest BCUT2D eigenvalue weighted by Gasteiger charge is 2.35. The van der Waals surface area contributed by atoms with Crippen LogP contribution < -0.4 is 5.64 Å². The lowest BCUT2D eigenvalue weighted by atomic mass is 10.3. The number of ether oxygens (including phenoxy) is 1. The molecule has 0 aromatic heterocycles. The van der Waals surface area contributed by atoms with Crippen molar-refractivity contribution in [2.45, 2.75) is 12.2 Å². The molecule has 2 rings (SSSR count). The topological polar surface area (TPSA) is 39.7 Å². The van der Waals surface area contributed by atoms with Gasteiger partial charge in [-0.2, -0.15) is 0 Å². The maximum atomic E-state index is 5.02. The fraction of sp³-hybridized carbons (Fsp3) is 1.00. The summed E-state index contributed by atoms with van der Waals surface area (Å²) >= 11 is 0. The first kappa shape index (κ1) is 4.69. The lowest BCUT2D eigenvalue weighted by Crippen LogP contribution is -2.18. The van der Waals surface area contributed by atoms with E-state index in [2.05, 4.69) is 5.64 Å². The maximum absolute atomic E-state index is 5.02. The van der Waals surface area contributed by atoms with Crippen LogP contribution in [0.5, 0.6) is 0 Å². The molecule has 0 saturated carbocycles. The highest BCUT2D eigenvalue weighted by atomic mass is 17.0. The molecular formula is C4H7NO3. The van der Waals surface area contributed by atoms with Crippen molar-refractivity contribution >= 4 is 0 Å². The quantitative estimate of drug-likeness (QED) is 0.452. The molecule has 4 heteroatoms. The minimum absolute atomic E-state index is 0.120. The monoisotopic (exact) mass is 117 g/mol. The van der Waals surface area contributed by atoms with Crippen LogP contribution in [0.4, 0.5) is 0 Å². The molecule has 46 valence electrons. The molecule has 0 spiro atoms. The summed E-state index contributed by atoms with van der Waals surface area (Å²) in [4.78, 5) is 9.76. The van der Waals surface area contributed by atoms with Crippen molar-refractivity contribution in [2.24, 2.45) is 0 Å². The van der Waals surface area contributed by atoms with E-state index in [-0.39, 0.29) is 12.2 Å². The molecule has 2 aliphatic rings. The average molecular weight is 117 g/mol. The van der Waals surface area contributed by atoms with Crippen LogP contribution in [-0.4, -0.2) is 25.4 Å². The highest BCUT2D eigenvalue weighted by Crippen LogP contribution is 2.15. The second-order valence-corrected chi connectivity index (χ2v) is 1.93. The summed E-state index contributed by atoms with van der Waals surface area (Å²) in [6, 6.07) is 0. The average Bonchev–Trinajstić information content (AvgIpc) is 2.15. The Morgan fingerprint density at radius 2 is 1.75 bits per heavy atom. The molecule has 0 bridgehead atoms. The van der Waals surface area contributed by atoms with E-state index < -0.39 is 0 Å². The molecule has 2 aliphatic heterocycles. The normalized spacial score (nSPS) is 45.0. The first-order valence-corrected chi connectivity index (χ1v) is 2.61. The summed E-state index contributed by atoms with van der Waals surface area (Å²) in [6.07, 6.45) is 0.241. The molecule has 4 nitrogen and oxygen atoms in total. The minimum atomic E-state index is 0.120. The van der Waals surface area contributed by atoms with Gasteiger partial charge < -0.3 is 4.74 Å². The SMILES string of the molecule is C1OCC2ONOC12. The van der Waals surface area contributed by atoms with Gasteiger partial charge in [0.25, 0.3) is 0 Å². The Kier molecular flexibility index (Phi) is 0.976. The van der Waals surface area contributed by atoms with Gasteiger partial charge in [-0.1, -0.05) is 5.64 Å². The summed E-state index contributed by atoms with van der Waals surface area (Å²) in [7, 11) is 0. The van der Waals surface area contributed by atoms with Gasteiger partial charge in [-0.05, 0) is 0 Å². The van der Waals surface area contributed by atoms with Crippen molar-refractivity contribution in [2.75, 3.05) is 13.2 Å². The van der Waals surface area contributed by atoms with Crippen molar-refractivity contribution in [3.8, 4) is 0 Å². The van der Waals surface area contributed by atoms with Crippen molar-refractivity contribution in [1.82, 2.24) is 5.64 Å². The summed E-state index contributed by atoms with van der Waals surface area (Å²) in [5.41, 5.74) is 2.34. The Morgan fingerprint density at radius 3 is 2.38 bits per heavy atom. The number of fused-ring (bicyclic) bond motifs is 1. The third kappa shape index (κ3) is 0.545. The molecule has 1 N–H and O–H groups in total. The summed E-state index contributed by atoms with van der Waals surface area (Å²) in [5.74, 6) is 0. The Hall–Kier alpha value is -0.160. The van der Waals surface area contributed by atoms with Gasteiger partial charge in [0.15, 0.2) is 0 Å². The van der Waals surface area contributed by atoms with Gasteiger partial charge in [-0.3, -0.25) is 9.68 Å². The minimum Gasteiger partial charge on any atom is -0.376 e. The Bertz CT molecular complexity index is 77.3. The summed E-state index contributed by atoms with van der Waals surface area (Å²) in [6.45, 7) is 1.30. The Balaban J connectivity index is 2.04. The Morgan fingerprint density at radius 1 is 1.12 bits per heavy atom. The molecule has 0 aromatic rings. The molecule has 2 heterocycles. The first-order valence-electron chi connectivity index (χ1n) is 2.61. The number of hydrogen-bond donors (Lipinski definition) is 1. The fourth-order valence-corrected chi connectivity index (χ4v) is 0.886.